The van der Waals surface area contributed by atoms with E-state index in [2.05, 4.69) is 23.9 Å². The standard InChI is InChI=1S/C15H20ClNO3/c1-10(2)11-4-6-12(7-5-11)13(8-15(19)20-3)17-14(18)9-16/h4-7,10,13H,8-9H2,1-3H3,(H,17,18)/t13-/m1/s1. The molecule has 110 valence electrons. The fraction of sp³-hybridized carbons (Fsp3) is 0.467. The fourth-order valence-electron chi connectivity index (χ4n) is 1.85. The van der Waals surface area contributed by atoms with E-state index in [1.165, 1.54) is 12.7 Å². The predicted molar refractivity (Wildman–Crippen MR) is 78.8 cm³/mol. The summed E-state index contributed by atoms with van der Waals surface area (Å²) < 4.78 is 4.66. The molecule has 0 aromatic heterocycles. The van der Waals surface area contributed by atoms with Crippen LogP contribution < -0.4 is 5.32 Å². The number of rotatable bonds is 6. The smallest absolute Gasteiger partial charge is 0.307 e. The summed E-state index contributed by atoms with van der Waals surface area (Å²) >= 11 is 5.49. The summed E-state index contributed by atoms with van der Waals surface area (Å²) in [5, 5.41) is 2.73. The first kappa shape index (κ1) is 16.5. The van der Waals surface area contributed by atoms with Crippen molar-refractivity contribution in [2.24, 2.45) is 0 Å². The molecule has 0 saturated heterocycles. The van der Waals surface area contributed by atoms with E-state index in [9.17, 15) is 9.59 Å². The van der Waals surface area contributed by atoms with E-state index >= 15 is 0 Å². The minimum absolute atomic E-state index is 0.0835. The first-order valence-corrected chi connectivity index (χ1v) is 7.03. The molecule has 0 radical (unpaired) electrons. The molecule has 0 aliphatic heterocycles. The number of esters is 1. The van der Waals surface area contributed by atoms with Gasteiger partial charge in [0.05, 0.1) is 19.6 Å². The topological polar surface area (TPSA) is 55.4 Å². The highest BCUT2D eigenvalue weighted by atomic mass is 35.5. The minimum atomic E-state index is -0.421. The molecule has 0 spiro atoms. The van der Waals surface area contributed by atoms with Crippen LogP contribution in [0.5, 0.6) is 0 Å². The van der Waals surface area contributed by atoms with Crippen LogP contribution in [0.25, 0.3) is 0 Å². The molecule has 5 heteroatoms. The van der Waals surface area contributed by atoms with Gasteiger partial charge in [-0.15, -0.1) is 11.6 Å². The van der Waals surface area contributed by atoms with E-state index in [1.54, 1.807) is 0 Å². The Morgan fingerprint density at radius 3 is 2.20 bits per heavy atom. The molecule has 1 N–H and O–H groups in total. The highest BCUT2D eigenvalue weighted by Gasteiger charge is 2.18. The van der Waals surface area contributed by atoms with Crippen molar-refractivity contribution >= 4 is 23.5 Å². The van der Waals surface area contributed by atoms with Crippen molar-refractivity contribution in [3.63, 3.8) is 0 Å². The Morgan fingerprint density at radius 2 is 1.75 bits per heavy atom. The number of alkyl halides is 1. The van der Waals surface area contributed by atoms with E-state index in [-0.39, 0.29) is 24.2 Å². The van der Waals surface area contributed by atoms with Crippen molar-refractivity contribution in [2.45, 2.75) is 32.2 Å². The summed E-state index contributed by atoms with van der Waals surface area (Å²) in [4.78, 5) is 22.9. The molecule has 1 aromatic carbocycles. The van der Waals surface area contributed by atoms with Gasteiger partial charge in [0.25, 0.3) is 0 Å². The van der Waals surface area contributed by atoms with E-state index in [1.807, 2.05) is 24.3 Å². The van der Waals surface area contributed by atoms with E-state index in [0.29, 0.717) is 5.92 Å². The van der Waals surface area contributed by atoms with Crippen molar-refractivity contribution in [2.75, 3.05) is 13.0 Å². The first-order chi connectivity index (χ1) is 9.47. The molecule has 20 heavy (non-hydrogen) atoms. The number of amides is 1. The lowest BCUT2D eigenvalue weighted by molar-refractivity contribution is -0.141. The van der Waals surface area contributed by atoms with Gasteiger partial charge >= 0.3 is 5.97 Å². The molecule has 0 bridgehead atoms. The molecule has 1 amide bonds. The number of carbonyl (C=O) groups excluding carboxylic acids is 2. The molecule has 1 aromatic rings. The van der Waals surface area contributed by atoms with Crippen LogP contribution in [0.2, 0.25) is 0 Å². The average Bonchev–Trinajstić information content (AvgIpc) is 2.46. The molecular formula is C15H20ClNO3. The second-order valence-electron chi connectivity index (χ2n) is 4.86. The van der Waals surface area contributed by atoms with E-state index in [4.69, 9.17) is 11.6 Å². The Labute approximate surface area is 124 Å². The van der Waals surface area contributed by atoms with Gasteiger partial charge in [-0.2, -0.15) is 0 Å². The third kappa shape index (κ3) is 4.85. The van der Waals surface area contributed by atoms with Crippen LogP contribution in [0.1, 0.15) is 43.4 Å². The number of halogens is 1. The number of nitrogens with one attached hydrogen (secondary N) is 1. The number of benzene rings is 1. The molecule has 0 heterocycles. The van der Waals surface area contributed by atoms with Gasteiger partial charge in [0, 0.05) is 0 Å². The van der Waals surface area contributed by atoms with Crippen LogP contribution in [0.3, 0.4) is 0 Å². The molecule has 1 atom stereocenters. The third-order valence-electron chi connectivity index (χ3n) is 3.06. The second kappa shape index (κ2) is 7.90. The van der Waals surface area contributed by atoms with Crippen molar-refractivity contribution < 1.29 is 14.3 Å². The molecule has 0 aliphatic carbocycles. The molecular weight excluding hydrogens is 278 g/mol. The summed E-state index contributed by atoms with van der Waals surface area (Å²) in [6, 6.07) is 7.40. The maximum atomic E-state index is 11.4. The van der Waals surface area contributed by atoms with Crippen LogP contribution in [0.15, 0.2) is 24.3 Å². The highest BCUT2D eigenvalue weighted by Crippen LogP contribution is 2.21. The summed E-state index contributed by atoms with van der Waals surface area (Å²) in [5.41, 5.74) is 2.06. The summed E-state index contributed by atoms with van der Waals surface area (Å²) in [6.45, 7) is 4.21. The Kier molecular flexibility index (Phi) is 6.52. The normalized spacial score (nSPS) is 12.1. The minimum Gasteiger partial charge on any atom is -0.469 e. The summed E-state index contributed by atoms with van der Waals surface area (Å²) in [7, 11) is 1.32. The number of methoxy groups -OCH3 is 1. The van der Waals surface area contributed by atoms with E-state index < -0.39 is 6.04 Å². The maximum absolute atomic E-state index is 11.4. The Morgan fingerprint density at radius 1 is 1.20 bits per heavy atom. The monoisotopic (exact) mass is 297 g/mol. The SMILES string of the molecule is COC(=O)C[C@@H](NC(=O)CCl)c1ccc(C(C)C)cc1. The van der Waals surface area contributed by atoms with Gasteiger partial charge in [-0.1, -0.05) is 38.1 Å². The molecule has 0 unspecified atom stereocenters. The number of hydrogen-bond acceptors (Lipinski definition) is 3. The number of hydrogen-bond donors (Lipinski definition) is 1. The van der Waals surface area contributed by atoms with Gasteiger partial charge in [0.1, 0.15) is 5.88 Å². The molecule has 0 saturated carbocycles. The van der Waals surface area contributed by atoms with Crippen LogP contribution in [0, 0.1) is 0 Å². The number of ether oxygens (including phenoxy) is 1. The quantitative estimate of drug-likeness (QED) is 0.649. The number of carbonyl (C=O) groups is 2. The van der Waals surface area contributed by atoms with Crippen LogP contribution in [0.4, 0.5) is 0 Å². The lowest BCUT2D eigenvalue weighted by Gasteiger charge is -2.18. The molecule has 4 nitrogen and oxygen atoms in total. The highest BCUT2D eigenvalue weighted by molar-refractivity contribution is 6.27. The van der Waals surface area contributed by atoms with Crippen LogP contribution in [-0.4, -0.2) is 24.9 Å². The van der Waals surface area contributed by atoms with Crippen LogP contribution in [-0.2, 0) is 14.3 Å². The lowest BCUT2D eigenvalue weighted by atomic mass is 9.97. The Hall–Kier alpha value is -1.55. The molecule has 1 rings (SSSR count). The van der Waals surface area contributed by atoms with Crippen molar-refractivity contribution in [3.8, 4) is 0 Å². The Bertz CT molecular complexity index is 439. The fourth-order valence-corrected chi connectivity index (χ4v) is 1.93. The summed E-state index contributed by atoms with van der Waals surface area (Å²) in [6.07, 6.45) is 0.0835. The van der Waals surface area contributed by atoms with Gasteiger partial charge < -0.3 is 10.1 Å². The summed E-state index contributed by atoms with van der Waals surface area (Å²) in [5.74, 6) is -0.395. The van der Waals surface area contributed by atoms with Crippen LogP contribution >= 0.6 is 11.6 Å². The third-order valence-corrected chi connectivity index (χ3v) is 3.30. The molecule has 0 aliphatic rings. The lowest BCUT2D eigenvalue weighted by Crippen LogP contribution is -2.31. The second-order valence-corrected chi connectivity index (χ2v) is 5.12. The zero-order valence-electron chi connectivity index (χ0n) is 12.0. The predicted octanol–water partition coefficient (Wildman–Crippen LogP) is 2.77. The van der Waals surface area contributed by atoms with Gasteiger partial charge in [0.2, 0.25) is 5.91 Å². The largest absolute Gasteiger partial charge is 0.469 e. The van der Waals surface area contributed by atoms with Crippen molar-refractivity contribution in [1.29, 1.82) is 0 Å². The first-order valence-electron chi connectivity index (χ1n) is 6.50. The Balaban J connectivity index is 2.90. The van der Waals surface area contributed by atoms with E-state index in [0.717, 1.165) is 5.56 Å². The van der Waals surface area contributed by atoms with Crippen molar-refractivity contribution in [3.05, 3.63) is 35.4 Å². The van der Waals surface area contributed by atoms with Gasteiger partial charge in [0.15, 0.2) is 0 Å². The zero-order chi connectivity index (χ0) is 15.1. The zero-order valence-corrected chi connectivity index (χ0v) is 12.7. The van der Waals surface area contributed by atoms with Crippen molar-refractivity contribution in [1.82, 2.24) is 5.32 Å². The average molecular weight is 298 g/mol. The van der Waals surface area contributed by atoms with Gasteiger partial charge in [-0.05, 0) is 17.0 Å². The maximum Gasteiger partial charge on any atom is 0.307 e. The van der Waals surface area contributed by atoms with Gasteiger partial charge in [-0.25, -0.2) is 0 Å². The molecule has 0 fully saturated rings. The van der Waals surface area contributed by atoms with Gasteiger partial charge in [-0.3, -0.25) is 9.59 Å².